The van der Waals surface area contributed by atoms with Crippen LogP contribution in [0.3, 0.4) is 0 Å². The largest absolute Gasteiger partial charge is 0.443 e. The van der Waals surface area contributed by atoms with Crippen molar-refractivity contribution in [3.63, 3.8) is 0 Å². The molecule has 0 radical (unpaired) electrons. The Hall–Kier alpha value is -2.29. The average molecular weight is 401 g/mol. The van der Waals surface area contributed by atoms with Crippen LogP contribution < -0.4 is 26.3 Å². The van der Waals surface area contributed by atoms with Crippen molar-refractivity contribution in [2.45, 2.75) is 52.7 Å². The van der Waals surface area contributed by atoms with E-state index in [9.17, 15) is 14.2 Å². The van der Waals surface area contributed by atoms with Gasteiger partial charge in [-0.2, -0.15) is 0 Å². The summed E-state index contributed by atoms with van der Waals surface area (Å²) < 4.78 is 23.2. The van der Waals surface area contributed by atoms with E-state index >= 15 is 0 Å². The topological polar surface area (TPSA) is 130 Å². The number of rotatable bonds is 6. The Kier molecular flexibility index (Phi) is 7.65. The molecule has 0 aliphatic rings. The van der Waals surface area contributed by atoms with Crippen molar-refractivity contribution in [1.29, 1.82) is 0 Å². The Morgan fingerprint density at radius 1 is 0.815 bits per heavy atom. The Morgan fingerprint density at radius 2 is 1.22 bits per heavy atom. The molecule has 27 heavy (non-hydrogen) atoms. The van der Waals surface area contributed by atoms with Crippen molar-refractivity contribution < 1.29 is 23.6 Å². The number of para-hydroxylation sites is 1. The summed E-state index contributed by atoms with van der Waals surface area (Å²) in [6, 6.07) is 8.58. The molecule has 152 valence electrons. The summed E-state index contributed by atoms with van der Waals surface area (Å²) in [4.78, 5) is 23.6. The van der Waals surface area contributed by atoms with Gasteiger partial charge in [0.15, 0.2) is 0 Å². The zero-order valence-electron chi connectivity index (χ0n) is 16.4. The number of nitrogens with one attached hydrogen (secondary N) is 5. The first-order valence-electron chi connectivity index (χ1n) is 8.24. The number of carbonyl (C=O) groups excluding carboxylic acids is 2. The maximum Gasteiger partial charge on any atom is 0.422 e. The van der Waals surface area contributed by atoms with E-state index in [1.807, 2.05) is 0 Å². The molecule has 0 unspecified atom stereocenters. The first-order chi connectivity index (χ1) is 12.3. The van der Waals surface area contributed by atoms with E-state index in [0.29, 0.717) is 5.69 Å². The second-order valence-corrected chi connectivity index (χ2v) is 9.45. The van der Waals surface area contributed by atoms with Crippen LogP contribution in [0.4, 0.5) is 15.3 Å². The Morgan fingerprint density at radius 3 is 1.59 bits per heavy atom. The number of hydrazine groups is 2. The van der Waals surface area contributed by atoms with Gasteiger partial charge in [-0.15, -0.1) is 10.4 Å². The lowest BCUT2D eigenvalue weighted by atomic mass is 10.2. The maximum atomic E-state index is 13.0. The smallest absolute Gasteiger partial charge is 0.422 e. The normalized spacial score (nSPS) is 12.1. The summed E-state index contributed by atoms with van der Waals surface area (Å²) >= 11 is 0. The van der Waals surface area contributed by atoms with Crippen LogP contribution in [0.1, 0.15) is 41.5 Å². The molecule has 0 atom stereocenters. The third-order valence-corrected chi connectivity index (χ3v) is 3.92. The lowest BCUT2D eigenvalue weighted by molar-refractivity contribution is 0.0513. The van der Waals surface area contributed by atoms with Crippen LogP contribution in [0, 0.1) is 0 Å². The van der Waals surface area contributed by atoms with Gasteiger partial charge in [-0.25, -0.2) is 20.4 Å². The highest BCUT2D eigenvalue weighted by molar-refractivity contribution is 7.61. The fourth-order valence-corrected chi connectivity index (χ4v) is 2.81. The quantitative estimate of drug-likeness (QED) is 0.363. The highest BCUT2D eigenvalue weighted by atomic mass is 31.2. The molecule has 0 aliphatic heterocycles. The van der Waals surface area contributed by atoms with Crippen LogP contribution in [0.5, 0.6) is 0 Å². The summed E-state index contributed by atoms with van der Waals surface area (Å²) in [5.41, 5.74) is 3.38. The lowest BCUT2D eigenvalue weighted by Gasteiger charge is -2.25. The third kappa shape index (κ3) is 10.4. The average Bonchev–Trinajstić information content (AvgIpc) is 2.49. The number of amides is 2. The van der Waals surface area contributed by atoms with Gasteiger partial charge in [0.1, 0.15) is 11.2 Å². The van der Waals surface area contributed by atoms with E-state index in [-0.39, 0.29) is 0 Å². The van der Waals surface area contributed by atoms with Crippen molar-refractivity contribution in [3.05, 3.63) is 30.3 Å². The highest BCUT2D eigenvalue weighted by Gasteiger charge is 2.26. The van der Waals surface area contributed by atoms with Crippen LogP contribution in [-0.4, -0.2) is 23.4 Å². The standard InChI is InChI=1S/C16H28N5O5P/c1-15(2,3)25-13(22)17-20-27(24,19-12-10-8-7-9-11-12)21-18-14(23)26-16(4,5)6/h7-11H,1-6H3,(H,17,22)(H,18,23)(H3,19,20,21,24). The van der Waals surface area contributed by atoms with Gasteiger partial charge in [-0.1, -0.05) is 18.2 Å². The number of benzene rings is 1. The Bertz CT molecular complexity index is 649. The van der Waals surface area contributed by atoms with Crippen LogP contribution >= 0.6 is 7.59 Å². The van der Waals surface area contributed by atoms with Gasteiger partial charge in [0.2, 0.25) is 0 Å². The van der Waals surface area contributed by atoms with E-state index in [4.69, 9.17) is 9.47 Å². The number of hydrogen-bond acceptors (Lipinski definition) is 5. The second kappa shape index (κ2) is 9.07. The number of ether oxygens (including phenoxy) is 2. The first kappa shape index (κ1) is 22.8. The molecule has 0 aromatic heterocycles. The molecule has 11 heteroatoms. The minimum Gasteiger partial charge on any atom is -0.443 e. The molecule has 1 rings (SSSR count). The van der Waals surface area contributed by atoms with Crippen molar-refractivity contribution in [2.24, 2.45) is 0 Å². The third-order valence-electron chi connectivity index (χ3n) is 2.49. The van der Waals surface area contributed by atoms with E-state index in [2.05, 4.69) is 26.3 Å². The minimum absolute atomic E-state index is 0.484. The molecular formula is C16H28N5O5P. The van der Waals surface area contributed by atoms with Gasteiger partial charge >= 0.3 is 19.8 Å². The van der Waals surface area contributed by atoms with E-state index in [1.165, 1.54) is 0 Å². The zero-order valence-corrected chi connectivity index (χ0v) is 17.3. The van der Waals surface area contributed by atoms with Crippen molar-refractivity contribution in [3.8, 4) is 0 Å². The van der Waals surface area contributed by atoms with Crippen LogP contribution in [0.2, 0.25) is 0 Å². The van der Waals surface area contributed by atoms with Gasteiger partial charge in [-0.3, -0.25) is 4.57 Å². The zero-order chi connectivity index (χ0) is 20.7. The molecule has 1 aromatic carbocycles. The molecule has 0 aliphatic carbocycles. The molecule has 0 spiro atoms. The van der Waals surface area contributed by atoms with Gasteiger partial charge in [-0.05, 0) is 53.7 Å². The van der Waals surface area contributed by atoms with Gasteiger partial charge < -0.3 is 14.6 Å². The molecule has 0 fully saturated rings. The predicted octanol–water partition coefficient (Wildman–Crippen LogP) is 3.27. The van der Waals surface area contributed by atoms with E-state index in [1.54, 1.807) is 71.9 Å². The molecule has 2 amide bonds. The van der Waals surface area contributed by atoms with Crippen molar-refractivity contribution in [2.75, 3.05) is 5.09 Å². The first-order valence-corrected chi connectivity index (χ1v) is 9.95. The van der Waals surface area contributed by atoms with Gasteiger partial charge in [0.25, 0.3) is 0 Å². The lowest BCUT2D eigenvalue weighted by Crippen LogP contribution is -2.48. The molecule has 1 aromatic rings. The Labute approximate surface area is 159 Å². The SMILES string of the molecule is CC(C)(C)OC(=O)NNP(=O)(NNC(=O)OC(C)(C)C)Nc1ccccc1. The van der Waals surface area contributed by atoms with E-state index < -0.39 is 31.0 Å². The van der Waals surface area contributed by atoms with E-state index in [0.717, 1.165) is 0 Å². The molecule has 0 saturated carbocycles. The maximum absolute atomic E-state index is 13.0. The highest BCUT2D eigenvalue weighted by Crippen LogP contribution is 2.34. The summed E-state index contributed by atoms with van der Waals surface area (Å²) in [6.07, 6.45) is -1.67. The number of hydrogen-bond donors (Lipinski definition) is 5. The monoisotopic (exact) mass is 401 g/mol. The second-order valence-electron chi connectivity index (χ2n) is 7.56. The van der Waals surface area contributed by atoms with Crippen LogP contribution in [0.25, 0.3) is 0 Å². The van der Waals surface area contributed by atoms with Crippen molar-refractivity contribution in [1.82, 2.24) is 21.2 Å². The molecule has 0 heterocycles. The fraction of sp³-hybridized carbons (Fsp3) is 0.500. The summed E-state index contributed by atoms with van der Waals surface area (Å²) in [5.74, 6) is 0. The fourth-order valence-electron chi connectivity index (χ4n) is 1.63. The number of carbonyl (C=O) groups is 2. The predicted molar refractivity (Wildman–Crippen MR) is 103 cm³/mol. The van der Waals surface area contributed by atoms with Crippen LogP contribution in [0.15, 0.2) is 30.3 Å². The summed E-state index contributed by atoms with van der Waals surface area (Å²) in [5, 5.41) is 7.33. The molecule has 5 N–H and O–H groups in total. The molecular weight excluding hydrogens is 373 g/mol. The summed E-state index contributed by atoms with van der Waals surface area (Å²) in [6.45, 7) is 10.1. The Balaban J connectivity index is 2.78. The van der Waals surface area contributed by atoms with Crippen molar-refractivity contribution >= 4 is 25.5 Å². The van der Waals surface area contributed by atoms with Gasteiger partial charge in [0, 0.05) is 5.69 Å². The van der Waals surface area contributed by atoms with Gasteiger partial charge in [0.05, 0.1) is 0 Å². The molecule has 0 saturated heterocycles. The minimum atomic E-state index is -3.75. The molecule has 10 nitrogen and oxygen atoms in total. The summed E-state index contributed by atoms with van der Waals surface area (Å²) in [7, 11) is -3.75. The van der Waals surface area contributed by atoms with Crippen LogP contribution in [-0.2, 0) is 14.0 Å². The molecule has 0 bridgehead atoms. The number of anilines is 1.